The van der Waals surface area contributed by atoms with Crippen molar-refractivity contribution in [2.24, 2.45) is 0 Å². The van der Waals surface area contributed by atoms with Crippen LogP contribution in [-0.2, 0) is 10.1 Å². The Labute approximate surface area is 147 Å². The Bertz CT molecular complexity index is 712. The molecule has 0 aliphatic heterocycles. The van der Waals surface area contributed by atoms with E-state index in [0.717, 1.165) is 0 Å². The van der Waals surface area contributed by atoms with Gasteiger partial charge in [-0.3, -0.25) is 9.54 Å². The van der Waals surface area contributed by atoms with Gasteiger partial charge in [0.2, 0.25) is 0 Å². The average Bonchev–Trinajstić information content (AvgIpc) is 2.55. The summed E-state index contributed by atoms with van der Waals surface area (Å²) >= 11 is 0. The lowest BCUT2D eigenvalue weighted by atomic mass is 9.99. The molecular weight excluding hydrogens is 454 g/mol. The number of aromatic nitrogens is 1. The Morgan fingerprint density at radius 3 is 1.32 bits per heavy atom. The minimum Gasteiger partial charge on any atom is -0.281 e. The normalized spacial score (nSPS) is 14.5. The van der Waals surface area contributed by atoms with Crippen LogP contribution in [0.3, 0.4) is 0 Å². The van der Waals surface area contributed by atoms with Gasteiger partial charge in [-0.15, -0.1) is 0 Å². The van der Waals surface area contributed by atoms with Crippen molar-refractivity contribution >= 4 is 10.1 Å². The third-order valence-corrected chi connectivity index (χ3v) is 3.64. The zero-order valence-electron chi connectivity index (χ0n) is 12.6. The molecule has 0 amide bonds. The minimum absolute atomic E-state index is 1.75. The van der Waals surface area contributed by atoms with Crippen LogP contribution in [0.1, 0.15) is 0 Å². The fourth-order valence-electron chi connectivity index (χ4n) is 1.20. The summed E-state index contributed by atoms with van der Waals surface area (Å²) in [5.74, 6) is -30.9. The molecule has 1 aromatic rings. The van der Waals surface area contributed by atoms with Gasteiger partial charge < -0.3 is 0 Å². The maximum absolute atomic E-state index is 12.7. The van der Waals surface area contributed by atoms with E-state index in [4.69, 9.17) is 4.55 Å². The van der Waals surface area contributed by atoms with Gasteiger partial charge in [0.25, 0.3) is 0 Å². The summed E-state index contributed by atoms with van der Waals surface area (Å²) in [6.07, 6.45) is -2.19. The smallest absolute Gasteiger partial charge is 0.281 e. The predicted octanol–water partition coefficient (Wildman–Crippen LogP) is 4.35. The zero-order valence-corrected chi connectivity index (χ0v) is 13.4. The van der Waals surface area contributed by atoms with Crippen LogP contribution in [0.2, 0.25) is 0 Å². The van der Waals surface area contributed by atoms with Gasteiger partial charge in [-0.1, -0.05) is 6.07 Å². The predicted molar refractivity (Wildman–Crippen MR) is 66.5 cm³/mol. The molecule has 0 radical (unpaired) electrons. The first-order valence-corrected chi connectivity index (χ1v) is 7.62. The van der Waals surface area contributed by atoms with E-state index in [2.05, 4.69) is 4.98 Å². The highest BCUT2D eigenvalue weighted by atomic mass is 32.2. The van der Waals surface area contributed by atoms with Crippen LogP contribution in [0.25, 0.3) is 0 Å². The molecule has 1 N–H and O–H groups in total. The molecule has 1 heterocycles. The fraction of sp³-hybridized carbons (Fsp3) is 0.545. The quantitative estimate of drug-likeness (QED) is 0.506. The van der Waals surface area contributed by atoms with Crippen LogP contribution < -0.4 is 0 Å². The van der Waals surface area contributed by atoms with Crippen molar-refractivity contribution in [3.05, 3.63) is 30.6 Å². The van der Waals surface area contributed by atoms with E-state index in [0.29, 0.717) is 0 Å². The molecule has 0 aromatic carbocycles. The summed E-state index contributed by atoms with van der Waals surface area (Å²) in [6, 6.07) is 5.72. The molecule has 4 nitrogen and oxygen atoms in total. The number of nitrogens with zero attached hydrogens (tertiary/aromatic N) is 1. The van der Waals surface area contributed by atoms with E-state index in [1.165, 1.54) is 0 Å². The molecule has 1 rings (SSSR count). The van der Waals surface area contributed by atoms with Crippen molar-refractivity contribution in [1.29, 1.82) is 0 Å². The second-order valence-corrected chi connectivity index (χ2v) is 6.13. The molecule has 0 atom stereocenters. The molecule has 28 heavy (non-hydrogen) atoms. The SMILES string of the molecule is O=S(=O)(O)C(F)(F)C(F)(F)C(F)(F)C(F)(F)C(F)(F)C(F)F.c1ccncc1. The van der Waals surface area contributed by atoms with Crippen LogP contribution in [0.15, 0.2) is 30.6 Å². The van der Waals surface area contributed by atoms with Crippen molar-refractivity contribution in [2.45, 2.75) is 35.4 Å². The van der Waals surface area contributed by atoms with Gasteiger partial charge in [-0.25, -0.2) is 8.78 Å². The first-order valence-electron chi connectivity index (χ1n) is 6.18. The van der Waals surface area contributed by atoms with Gasteiger partial charge >= 0.3 is 45.5 Å². The standard InChI is InChI=1S/C6H2F12O3S.C5H5N/c7-1(8)2(9,10)3(11,12)4(13,14)5(15,16)6(17,18)22(19,20)21;1-2-4-6-5-3-1/h1H,(H,19,20,21);1-5H. The second-order valence-electron chi connectivity index (χ2n) is 4.66. The Hall–Kier alpha value is -1.78. The first kappa shape index (κ1) is 26.2. The Balaban J connectivity index is 0.00000102. The van der Waals surface area contributed by atoms with Crippen molar-refractivity contribution < 1.29 is 65.7 Å². The maximum Gasteiger partial charge on any atom is 0.438 e. The molecule has 0 bridgehead atoms. The molecule has 0 saturated heterocycles. The topological polar surface area (TPSA) is 67.3 Å². The largest absolute Gasteiger partial charge is 0.438 e. The van der Waals surface area contributed by atoms with Crippen LogP contribution in [0.4, 0.5) is 52.7 Å². The van der Waals surface area contributed by atoms with Gasteiger partial charge in [0.15, 0.2) is 0 Å². The third-order valence-electron chi connectivity index (χ3n) is 2.74. The first-order chi connectivity index (χ1) is 12.2. The third kappa shape index (κ3) is 4.28. The number of pyridine rings is 1. The van der Waals surface area contributed by atoms with Crippen molar-refractivity contribution in [3.63, 3.8) is 0 Å². The zero-order chi connectivity index (χ0) is 22.8. The molecule has 0 spiro atoms. The van der Waals surface area contributed by atoms with Crippen molar-refractivity contribution in [1.82, 2.24) is 4.98 Å². The number of hydrogen-bond acceptors (Lipinski definition) is 3. The summed E-state index contributed by atoms with van der Waals surface area (Å²) in [4.78, 5) is 3.78. The molecule has 0 fully saturated rings. The molecule has 164 valence electrons. The van der Waals surface area contributed by atoms with Gasteiger partial charge in [-0.05, 0) is 12.1 Å². The maximum atomic E-state index is 12.7. The monoisotopic (exact) mass is 461 g/mol. The van der Waals surface area contributed by atoms with E-state index >= 15 is 0 Å². The van der Waals surface area contributed by atoms with Gasteiger partial charge in [0, 0.05) is 12.4 Å². The Morgan fingerprint density at radius 1 is 0.714 bits per heavy atom. The molecule has 0 saturated carbocycles. The average molecular weight is 461 g/mol. The van der Waals surface area contributed by atoms with E-state index in [-0.39, 0.29) is 0 Å². The molecule has 0 aliphatic carbocycles. The number of hydrogen-bond donors (Lipinski definition) is 1. The Morgan fingerprint density at radius 2 is 1.11 bits per heavy atom. The molecule has 1 aromatic heterocycles. The van der Waals surface area contributed by atoms with E-state index in [1.807, 2.05) is 18.2 Å². The fourth-order valence-corrected chi connectivity index (χ4v) is 1.65. The highest BCUT2D eigenvalue weighted by Crippen LogP contribution is 2.58. The molecule has 0 aliphatic rings. The van der Waals surface area contributed by atoms with Crippen molar-refractivity contribution in [2.75, 3.05) is 0 Å². The highest BCUT2D eigenvalue weighted by molar-refractivity contribution is 7.87. The van der Waals surface area contributed by atoms with E-state index in [1.54, 1.807) is 12.4 Å². The second kappa shape index (κ2) is 7.92. The summed E-state index contributed by atoms with van der Waals surface area (Å²) in [6.45, 7) is 0. The van der Waals surface area contributed by atoms with Crippen molar-refractivity contribution in [3.8, 4) is 0 Å². The molecular formula is C11H7F12NO3S. The molecule has 0 unspecified atom stereocenters. The van der Waals surface area contributed by atoms with Crippen LogP contribution in [0, 0.1) is 0 Å². The highest BCUT2D eigenvalue weighted by Gasteiger charge is 2.90. The minimum atomic E-state index is -7.99. The van der Waals surface area contributed by atoms with Gasteiger partial charge in [0.05, 0.1) is 0 Å². The van der Waals surface area contributed by atoms with Gasteiger partial charge in [-0.2, -0.15) is 52.3 Å². The number of alkyl halides is 12. The number of rotatable bonds is 6. The summed E-state index contributed by atoms with van der Waals surface area (Å²) in [5.41, 5.74) is 0. The number of halogens is 12. The van der Waals surface area contributed by atoms with Gasteiger partial charge in [0.1, 0.15) is 0 Å². The lowest BCUT2D eigenvalue weighted by Gasteiger charge is -2.37. The van der Waals surface area contributed by atoms with Crippen LogP contribution >= 0.6 is 0 Å². The van der Waals surface area contributed by atoms with E-state index in [9.17, 15) is 61.1 Å². The lowest BCUT2D eigenvalue weighted by Crippen LogP contribution is -2.69. The van der Waals surface area contributed by atoms with Crippen LogP contribution in [-0.4, -0.2) is 53.3 Å². The van der Waals surface area contributed by atoms with Crippen LogP contribution in [0.5, 0.6) is 0 Å². The summed E-state index contributed by atoms with van der Waals surface area (Å²) in [7, 11) is -7.50. The molecule has 17 heteroatoms. The van der Waals surface area contributed by atoms with E-state index < -0.39 is 45.5 Å². The Kier molecular flexibility index (Phi) is 7.42. The lowest BCUT2D eigenvalue weighted by molar-refractivity contribution is -0.402. The summed E-state index contributed by atoms with van der Waals surface area (Å²) < 4.78 is 176. The summed E-state index contributed by atoms with van der Waals surface area (Å²) in [5, 5.41) is -7.38.